The summed E-state index contributed by atoms with van der Waals surface area (Å²) in [5.74, 6) is -0.164. The molecule has 0 unspecified atom stereocenters. The van der Waals surface area contributed by atoms with Crippen LogP contribution in [0.3, 0.4) is 0 Å². The predicted octanol–water partition coefficient (Wildman–Crippen LogP) is 18.2. The van der Waals surface area contributed by atoms with Gasteiger partial charge in [0, 0.05) is 0 Å². The highest BCUT2D eigenvalue weighted by atomic mass is 16.5. The number of aliphatic hydroxyl groups is 3. The van der Waals surface area contributed by atoms with E-state index in [0.29, 0.717) is 0 Å². The third-order valence-electron chi connectivity index (χ3n) is 14.3. The molecule has 0 fully saturated rings. The molecule has 0 saturated carbocycles. The topological polar surface area (TPSA) is 87.0 Å². The van der Waals surface area contributed by atoms with Gasteiger partial charge < -0.3 is 20.1 Å². The Labute approximate surface area is 400 Å². The van der Waals surface area contributed by atoms with Crippen LogP contribution in [-0.2, 0) is 9.53 Å². The Kier molecular flexibility index (Phi) is 48.8. The second-order valence-corrected chi connectivity index (χ2v) is 20.6. The van der Waals surface area contributed by atoms with Crippen molar-refractivity contribution in [1.82, 2.24) is 0 Å². The van der Waals surface area contributed by atoms with Gasteiger partial charge in [-0.3, -0.25) is 4.79 Å². The van der Waals surface area contributed by atoms with Crippen molar-refractivity contribution < 1.29 is 24.9 Å². The molecule has 0 aromatic carbocycles. The molecule has 0 radical (unpaired) electrons. The summed E-state index contributed by atoms with van der Waals surface area (Å²) in [5.41, 5.74) is -1.74. The molecule has 0 aliphatic carbocycles. The van der Waals surface area contributed by atoms with Crippen molar-refractivity contribution in [3.05, 3.63) is 24.3 Å². The minimum absolute atomic E-state index is 0.142. The molecule has 380 valence electrons. The van der Waals surface area contributed by atoms with E-state index in [0.717, 1.165) is 57.8 Å². The monoisotopic (exact) mass is 903 g/mol. The third kappa shape index (κ3) is 38.9. The van der Waals surface area contributed by atoms with Crippen molar-refractivity contribution in [2.75, 3.05) is 26.4 Å². The summed E-state index contributed by atoms with van der Waals surface area (Å²) in [7, 11) is 0. The molecular formula is C59H114O5. The van der Waals surface area contributed by atoms with Gasteiger partial charge in [0.25, 0.3) is 0 Å². The highest BCUT2D eigenvalue weighted by Crippen LogP contribution is 2.40. The molecule has 0 heterocycles. The first-order chi connectivity index (χ1) is 31.5. The van der Waals surface area contributed by atoms with Crippen LogP contribution >= 0.6 is 0 Å². The predicted molar refractivity (Wildman–Crippen MR) is 280 cm³/mol. The lowest BCUT2D eigenvalue weighted by molar-refractivity contribution is -0.165. The number of esters is 1. The van der Waals surface area contributed by atoms with Crippen LogP contribution in [0.1, 0.15) is 310 Å². The fraction of sp³-hybridized carbons (Fsp3) is 0.915. The number of aliphatic hydroxyl groups excluding tert-OH is 3. The average Bonchev–Trinajstić information content (AvgIpc) is 3.31. The van der Waals surface area contributed by atoms with E-state index >= 15 is 0 Å². The van der Waals surface area contributed by atoms with Crippen LogP contribution < -0.4 is 0 Å². The van der Waals surface area contributed by atoms with Gasteiger partial charge >= 0.3 is 5.97 Å². The minimum Gasteiger partial charge on any atom is -0.464 e. The summed E-state index contributed by atoms with van der Waals surface area (Å²) in [6.07, 6.45) is 66.1. The number of hydrogen-bond donors (Lipinski definition) is 3. The van der Waals surface area contributed by atoms with Crippen molar-refractivity contribution in [1.29, 1.82) is 0 Å². The molecule has 0 aliphatic rings. The molecule has 0 bridgehead atoms. The maximum absolute atomic E-state index is 14.3. The maximum atomic E-state index is 14.3. The molecule has 0 aliphatic heterocycles. The first-order valence-electron chi connectivity index (χ1n) is 28.8. The van der Waals surface area contributed by atoms with Crippen molar-refractivity contribution in [3.8, 4) is 0 Å². The number of hydrogen-bond acceptors (Lipinski definition) is 5. The fourth-order valence-electron chi connectivity index (χ4n) is 9.42. The number of ether oxygens (including phenoxy) is 1. The van der Waals surface area contributed by atoms with E-state index in [9.17, 15) is 20.1 Å². The van der Waals surface area contributed by atoms with E-state index in [-0.39, 0.29) is 12.6 Å². The summed E-state index contributed by atoms with van der Waals surface area (Å²) >= 11 is 0. The Morgan fingerprint density at radius 1 is 0.344 bits per heavy atom. The van der Waals surface area contributed by atoms with Gasteiger partial charge in [-0.2, -0.15) is 0 Å². The highest BCUT2D eigenvalue weighted by Gasteiger charge is 2.40. The first-order valence-corrected chi connectivity index (χ1v) is 28.8. The Morgan fingerprint density at radius 2 is 0.562 bits per heavy atom. The second kappa shape index (κ2) is 49.7. The van der Waals surface area contributed by atoms with Crippen LogP contribution in [0, 0.1) is 10.8 Å². The largest absolute Gasteiger partial charge is 0.464 e. The number of allylic oxidation sites excluding steroid dienone is 4. The molecular weight excluding hydrogens is 789 g/mol. The molecule has 3 N–H and O–H groups in total. The number of rotatable bonds is 53. The normalized spacial score (nSPS) is 12.4. The molecule has 0 aromatic rings. The van der Waals surface area contributed by atoms with E-state index in [1.165, 1.54) is 231 Å². The summed E-state index contributed by atoms with van der Waals surface area (Å²) in [6, 6.07) is 0. The quantitative estimate of drug-likeness (QED) is 0.0322. The zero-order valence-corrected chi connectivity index (χ0v) is 43.6. The van der Waals surface area contributed by atoms with E-state index in [4.69, 9.17) is 4.74 Å². The fourth-order valence-corrected chi connectivity index (χ4v) is 9.42. The van der Waals surface area contributed by atoms with Crippen LogP contribution in [0.25, 0.3) is 0 Å². The van der Waals surface area contributed by atoms with Gasteiger partial charge in [-0.1, -0.05) is 263 Å². The van der Waals surface area contributed by atoms with Crippen LogP contribution in [0.4, 0.5) is 0 Å². The Morgan fingerprint density at radius 3 is 0.797 bits per heavy atom. The Hall–Kier alpha value is -1.17. The molecule has 64 heavy (non-hydrogen) atoms. The second-order valence-electron chi connectivity index (χ2n) is 20.6. The Balaban J connectivity index is 5.16. The molecule has 0 rings (SSSR count). The average molecular weight is 904 g/mol. The van der Waals surface area contributed by atoms with Gasteiger partial charge in [0.1, 0.15) is 6.61 Å². The number of carbonyl (C=O) groups is 1. The summed E-state index contributed by atoms with van der Waals surface area (Å²) in [4.78, 5) is 14.3. The summed E-state index contributed by atoms with van der Waals surface area (Å²) in [5, 5.41) is 30.1. The zero-order chi connectivity index (χ0) is 46.8. The van der Waals surface area contributed by atoms with Gasteiger partial charge in [0.15, 0.2) is 0 Å². The van der Waals surface area contributed by atoms with Crippen LogP contribution in [-0.4, -0.2) is 47.7 Å². The summed E-state index contributed by atoms with van der Waals surface area (Å²) in [6.45, 7) is 5.46. The molecule has 0 spiro atoms. The van der Waals surface area contributed by atoms with E-state index < -0.39 is 30.7 Å². The number of unbranched alkanes of at least 4 members (excludes halogenated alkanes) is 37. The van der Waals surface area contributed by atoms with E-state index in [1.807, 2.05) is 0 Å². The van der Waals surface area contributed by atoms with Gasteiger partial charge in [0.05, 0.1) is 30.7 Å². The zero-order valence-electron chi connectivity index (χ0n) is 43.6. The van der Waals surface area contributed by atoms with Gasteiger partial charge in [-0.25, -0.2) is 0 Å². The van der Waals surface area contributed by atoms with Crippen molar-refractivity contribution in [3.63, 3.8) is 0 Å². The van der Waals surface area contributed by atoms with Crippen molar-refractivity contribution in [2.24, 2.45) is 10.8 Å². The SMILES string of the molecule is CCCCCCCC/C=C\CCCCCCCCC(CCCCCCCC/C=C\CCCCCCCC)(CCCCCCCCCCCCCCCC)C(=O)OCC(CO)(CO)CO. The molecule has 5 heteroatoms. The van der Waals surface area contributed by atoms with E-state index in [2.05, 4.69) is 45.1 Å². The van der Waals surface area contributed by atoms with E-state index in [1.54, 1.807) is 0 Å². The van der Waals surface area contributed by atoms with Crippen molar-refractivity contribution in [2.45, 2.75) is 310 Å². The van der Waals surface area contributed by atoms with Crippen LogP contribution in [0.5, 0.6) is 0 Å². The number of carbonyl (C=O) groups excluding carboxylic acids is 1. The molecule has 5 nitrogen and oxygen atoms in total. The maximum Gasteiger partial charge on any atom is 0.312 e. The first kappa shape index (κ1) is 62.8. The molecule has 0 saturated heterocycles. The highest BCUT2D eigenvalue weighted by molar-refractivity contribution is 5.76. The standard InChI is InChI=1S/C59H114O5/c1-4-7-10-13-16-19-22-25-28-30-33-36-39-42-45-48-51-59(57(63)64-56-58(53-60,54-61)55-62,50-47-44-41-38-35-32-27-24-21-18-15-12-9-6-3)52-49-46-43-40-37-34-31-29-26-23-20-17-14-11-8-5-2/h25-26,28-29,60-62H,4-24,27,30-56H2,1-3H3/b28-25-,29-26-. The lowest BCUT2D eigenvalue weighted by Crippen LogP contribution is -2.42. The minimum atomic E-state index is -1.21. The summed E-state index contributed by atoms with van der Waals surface area (Å²) < 4.78 is 6.04. The lowest BCUT2D eigenvalue weighted by atomic mass is 9.73. The third-order valence-corrected chi connectivity index (χ3v) is 14.3. The van der Waals surface area contributed by atoms with Crippen LogP contribution in [0.15, 0.2) is 24.3 Å². The molecule has 0 atom stereocenters. The lowest BCUT2D eigenvalue weighted by Gasteiger charge is -2.34. The molecule has 0 amide bonds. The van der Waals surface area contributed by atoms with Crippen LogP contribution in [0.2, 0.25) is 0 Å². The van der Waals surface area contributed by atoms with Gasteiger partial charge in [-0.05, 0) is 70.6 Å². The smallest absolute Gasteiger partial charge is 0.312 e. The van der Waals surface area contributed by atoms with Gasteiger partial charge in [-0.15, -0.1) is 0 Å². The van der Waals surface area contributed by atoms with Gasteiger partial charge in [0.2, 0.25) is 0 Å². The Bertz CT molecular complexity index is 936. The molecule has 0 aromatic heterocycles. The van der Waals surface area contributed by atoms with Crippen molar-refractivity contribution >= 4 is 5.97 Å².